The summed E-state index contributed by atoms with van der Waals surface area (Å²) < 4.78 is 28.6. The molecule has 0 fully saturated rings. The monoisotopic (exact) mass is 900 g/mol. The van der Waals surface area contributed by atoms with E-state index in [2.05, 4.69) is 160 Å². The summed E-state index contributed by atoms with van der Waals surface area (Å²) in [4.78, 5) is 5.26. The van der Waals surface area contributed by atoms with E-state index in [-0.39, 0.29) is 23.0 Å². The normalized spacial score (nSPS) is 15.8. The van der Waals surface area contributed by atoms with Crippen LogP contribution >= 0.6 is 22.7 Å². The molecule has 0 saturated heterocycles. The maximum atomic E-state index is 6.61. The molecular weight excluding hydrogens is 840 g/mol. The molecule has 0 aliphatic carbocycles. The molecule has 0 amide bonds. The Kier molecular flexibility index (Phi) is 9.61. The lowest BCUT2D eigenvalue weighted by molar-refractivity contribution is 0.296. The van der Waals surface area contributed by atoms with E-state index in [0.29, 0.717) is 26.4 Å². The fourth-order valence-electron chi connectivity index (χ4n) is 10.8. The van der Waals surface area contributed by atoms with Crippen molar-refractivity contribution in [1.29, 1.82) is 0 Å². The molecule has 5 aromatic carbocycles. The molecule has 0 atom stereocenters. The van der Waals surface area contributed by atoms with Crippen LogP contribution in [0.3, 0.4) is 0 Å². The topological polar surface area (TPSA) is 43.4 Å². The van der Waals surface area contributed by atoms with Crippen LogP contribution in [-0.2, 0) is 16.2 Å². The number of hydrogen-bond acceptors (Lipinski definition) is 8. The maximum absolute atomic E-state index is 6.61. The molecule has 11 rings (SSSR count). The van der Waals surface area contributed by atoms with Crippen LogP contribution in [0.25, 0.3) is 20.2 Å². The number of hydrogen-bond donors (Lipinski definition) is 0. The van der Waals surface area contributed by atoms with Crippen LogP contribution in [0.5, 0.6) is 23.0 Å². The van der Waals surface area contributed by atoms with E-state index in [0.717, 1.165) is 69.5 Å². The predicted molar refractivity (Wildman–Crippen MR) is 277 cm³/mol. The molecule has 6 heterocycles. The van der Waals surface area contributed by atoms with Crippen LogP contribution < -0.4 is 45.1 Å². The highest BCUT2D eigenvalue weighted by molar-refractivity contribution is 7.29. The molecule has 6 nitrogen and oxygen atoms in total. The highest BCUT2D eigenvalue weighted by Crippen LogP contribution is 2.56. The number of ether oxygens (including phenoxy) is 4. The van der Waals surface area contributed by atoms with Crippen molar-refractivity contribution in [2.45, 2.75) is 119 Å². The summed E-state index contributed by atoms with van der Waals surface area (Å²) in [6.07, 6.45) is 1.71. The molecule has 0 N–H and O–H groups in total. The van der Waals surface area contributed by atoms with Crippen LogP contribution in [-0.4, -0.2) is 33.1 Å². The Morgan fingerprint density at radius 1 is 0.477 bits per heavy atom. The second kappa shape index (κ2) is 14.7. The minimum atomic E-state index is -0.161. The van der Waals surface area contributed by atoms with E-state index in [9.17, 15) is 0 Å². The van der Waals surface area contributed by atoms with E-state index in [4.69, 9.17) is 18.9 Å². The summed E-state index contributed by atoms with van der Waals surface area (Å²) >= 11 is 3.86. The Labute approximate surface area is 393 Å². The van der Waals surface area contributed by atoms with E-state index in [1.165, 1.54) is 74.6 Å². The van der Waals surface area contributed by atoms with Crippen molar-refractivity contribution in [1.82, 2.24) is 0 Å². The zero-order valence-electron chi connectivity index (χ0n) is 40.4. The van der Waals surface area contributed by atoms with Gasteiger partial charge in [0.05, 0.1) is 47.8 Å². The first-order valence-corrected chi connectivity index (χ1v) is 25.2. The fraction of sp³-hybridized carbons (Fsp3) is 0.393. The maximum Gasteiger partial charge on any atom is 0.256 e. The molecule has 7 aromatic rings. The minimum Gasteiger partial charge on any atom is -0.490 e. The largest absolute Gasteiger partial charge is 0.490 e. The summed E-state index contributed by atoms with van der Waals surface area (Å²) in [5.41, 5.74) is 17.2. The summed E-state index contributed by atoms with van der Waals surface area (Å²) in [6, 6.07) is 24.0. The zero-order valence-corrected chi connectivity index (χ0v) is 42.1. The Bertz CT molecular complexity index is 2940. The molecule has 334 valence electrons. The number of thiophene rings is 2. The smallest absolute Gasteiger partial charge is 0.256 e. The second-order valence-electron chi connectivity index (χ2n) is 21.9. The molecule has 4 aliphatic rings. The Hall–Kier alpha value is -5.12. The first-order valence-electron chi connectivity index (χ1n) is 23.5. The van der Waals surface area contributed by atoms with Crippen molar-refractivity contribution < 1.29 is 18.9 Å². The van der Waals surface area contributed by atoms with Gasteiger partial charge in [0.25, 0.3) is 6.71 Å². The van der Waals surface area contributed by atoms with Crippen molar-refractivity contribution >= 4 is 98.7 Å². The third kappa shape index (κ3) is 6.53. The molecule has 0 spiro atoms. The lowest BCUT2D eigenvalue weighted by atomic mass is 9.33. The number of anilines is 6. The average Bonchev–Trinajstić information content (AvgIpc) is 3.58. The first kappa shape index (κ1) is 42.5. The minimum absolute atomic E-state index is 0.0268. The molecule has 65 heavy (non-hydrogen) atoms. The van der Waals surface area contributed by atoms with Gasteiger partial charge in [-0.3, -0.25) is 0 Å². The van der Waals surface area contributed by atoms with Crippen LogP contribution in [0.4, 0.5) is 32.8 Å². The van der Waals surface area contributed by atoms with Gasteiger partial charge in [-0.2, -0.15) is 0 Å². The van der Waals surface area contributed by atoms with Gasteiger partial charge >= 0.3 is 0 Å². The average molecular weight is 901 g/mol. The summed E-state index contributed by atoms with van der Waals surface area (Å²) in [6.45, 7) is 32.6. The van der Waals surface area contributed by atoms with Crippen LogP contribution in [0.2, 0.25) is 0 Å². The van der Waals surface area contributed by atoms with E-state index >= 15 is 0 Å². The standard InChI is InChI=1S/C56H61BN2O4S2/c1-30-24-41-50(62-22-14-20-60-41)32(3)48(30)58-39-28-36(56(11,12)13)29-40-47(39)57(45-37-26-34(54(5,6)7)16-18-43(37)64-52(45)58)46-38-27-35(55(8,9)10)17-19-44(38)65-53(46)59(40)49-31(2)25-42-51(33(49)4)63-23-15-21-61-42/h16-19,24-29H,14-15,20-23H2,1-13H3. The quantitative estimate of drug-likeness (QED) is 0.161. The van der Waals surface area contributed by atoms with Crippen LogP contribution in [0.15, 0.2) is 60.7 Å². The van der Waals surface area contributed by atoms with Crippen molar-refractivity contribution in [3.63, 3.8) is 0 Å². The zero-order chi connectivity index (χ0) is 45.6. The lowest BCUT2D eigenvalue weighted by Gasteiger charge is -2.44. The van der Waals surface area contributed by atoms with Gasteiger partial charge in [-0.1, -0.05) is 86.6 Å². The number of fused-ring (bicyclic) bond motifs is 10. The SMILES string of the molecule is Cc1cc2c(c(C)c1N1c3cc(C(C)(C)C)cc4c3B(c3c1sc1ccc(C(C)(C)C)cc31)c1c(sc3ccc(C(C)(C)C)cc13)N4c1c(C)cc3c(c1C)OCCCO3)OCCCO2. The van der Waals surface area contributed by atoms with Gasteiger partial charge in [0.2, 0.25) is 0 Å². The molecule has 9 heteroatoms. The van der Waals surface area contributed by atoms with E-state index in [1.54, 1.807) is 0 Å². The molecule has 0 saturated carbocycles. The highest BCUT2D eigenvalue weighted by atomic mass is 32.1. The van der Waals surface area contributed by atoms with Gasteiger partial charge in [-0.15, -0.1) is 22.7 Å². The second-order valence-corrected chi connectivity index (χ2v) is 24.0. The van der Waals surface area contributed by atoms with Crippen LogP contribution in [0.1, 0.15) is 114 Å². The van der Waals surface area contributed by atoms with Gasteiger partial charge in [-0.25, -0.2) is 0 Å². The van der Waals surface area contributed by atoms with Crippen molar-refractivity contribution in [3.8, 4) is 23.0 Å². The molecule has 0 unspecified atom stereocenters. The summed E-state index contributed by atoms with van der Waals surface area (Å²) in [7, 11) is 0. The van der Waals surface area contributed by atoms with Crippen LogP contribution in [0, 0.1) is 27.7 Å². The van der Waals surface area contributed by atoms with Gasteiger partial charge in [0.15, 0.2) is 23.0 Å². The van der Waals surface area contributed by atoms with Gasteiger partial charge in [-0.05, 0) is 135 Å². The van der Waals surface area contributed by atoms with Crippen molar-refractivity contribution in [3.05, 3.63) is 99.6 Å². The predicted octanol–water partition coefficient (Wildman–Crippen LogP) is 13.6. The summed E-state index contributed by atoms with van der Waals surface area (Å²) in [5.74, 6) is 3.38. The summed E-state index contributed by atoms with van der Waals surface area (Å²) in [5, 5.41) is 5.22. The third-order valence-electron chi connectivity index (χ3n) is 14.2. The Morgan fingerprint density at radius 2 is 0.877 bits per heavy atom. The van der Waals surface area contributed by atoms with E-state index in [1.807, 2.05) is 22.7 Å². The number of nitrogens with zero attached hydrogens (tertiary/aromatic N) is 2. The Balaban J connectivity index is 1.33. The van der Waals surface area contributed by atoms with Gasteiger partial charge < -0.3 is 28.7 Å². The highest BCUT2D eigenvalue weighted by Gasteiger charge is 2.49. The lowest BCUT2D eigenvalue weighted by Crippen LogP contribution is -2.61. The van der Waals surface area contributed by atoms with Crippen molar-refractivity contribution in [2.24, 2.45) is 0 Å². The molecular formula is C56H61BN2O4S2. The van der Waals surface area contributed by atoms with Gasteiger partial charge in [0, 0.05) is 44.7 Å². The molecule has 4 aliphatic heterocycles. The van der Waals surface area contributed by atoms with E-state index < -0.39 is 0 Å². The molecule has 2 aromatic heterocycles. The molecule has 0 radical (unpaired) electrons. The van der Waals surface area contributed by atoms with Crippen molar-refractivity contribution in [2.75, 3.05) is 36.2 Å². The third-order valence-corrected chi connectivity index (χ3v) is 16.6. The Morgan fingerprint density at radius 3 is 1.28 bits per heavy atom. The molecule has 0 bridgehead atoms. The van der Waals surface area contributed by atoms with Gasteiger partial charge in [0.1, 0.15) is 0 Å². The number of aryl methyl sites for hydroxylation is 2. The fourth-order valence-corrected chi connectivity index (χ4v) is 13.3. The number of rotatable bonds is 2. The first-order chi connectivity index (χ1) is 30.8. The number of benzene rings is 5.